The van der Waals surface area contributed by atoms with Gasteiger partial charge in [-0.05, 0) is 31.5 Å². The Balaban J connectivity index is 1.74. The number of nitrogens with one attached hydrogen (secondary N) is 1. The van der Waals surface area contributed by atoms with Crippen LogP contribution in [0.15, 0.2) is 18.2 Å². The highest BCUT2D eigenvalue weighted by Gasteiger charge is 2.22. The lowest BCUT2D eigenvalue weighted by atomic mass is 10.1. The second-order valence-corrected chi connectivity index (χ2v) is 5.93. The Morgan fingerprint density at radius 3 is 2.70 bits per heavy atom. The molecule has 1 aliphatic rings. The second kappa shape index (κ2) is 6.40. The topological polar surface area (TPSA) is 69.3 Å². The number of hydrogen-bond acceptors (Lipinski definition) is 3. The predicted molar refractivity (Wildman–Crippen MR) is 88.2 cm³/mol. The monoisotopic (exact) mass is 314 g/mol. The van der Waals surface area contributed by atoms with Crippen LogP contribution < -0.4 is 0 Å². The van der Waals surface area contributed by atoms with E-state index in [0.29, 0.717) is 31.6 Å². The molecule has 6 nitrogen and oxygen atoms in total. The van der Waals surface area contributed by atoms with Crippen molar-refractivity contribution in [3.8, 4) is 0 Å². The number of hydrogen-bond donors (Lipinski definition) is 1. The van der Waals surface area contributed by atoms with E-state index in [9.17, 15) is 9.59 Å². The van der Waals surface area contributed by atoms with Crippen molar-refractivity contribution >= 4 is 22.8 Å². The van der Waals surface area contributed by atoms with Crippen LogP contribution >= 0.6 is 0 Å². The SMILES string of the molecule is CCC(=O)N1CCCN(C(=O)c2ccc3nc(C)[nH]c3c2)CC1. The highest BCUT2D eigenvalue weighted by atomic mass is 16.2. The molecule has 1 saturated heterocycles. The quantitative estimate of drug-likeness (QED) is 0.921. The smallest absolute Gasteiger partial charge is 0.253 e. The van der Waals surface area contributed by atoms with E-state index < -0.39 is 0 Å². The lowest BCUT2D eigenvalue weighted by molar-refractivity contribution is -0.130. The molecule has 2 amide bonds. The van der Waals surface area contributed by atoms with Crippen LogP contribution in [0.1, 0.15) is 35.9 Å². The summed E-state index contributed by atoms with van der Waals surface area (Å²) in [6.45, 7) is 6.39. The molecule has 122 valence electrons. The van der Waals surface area contributed by atoms with Crippen LogP contribution in [0.3, 0.4) is 0 Å². The third-order valence-electron chi connectivity index (χ3n) is 4.29. The Morgan fingerprint density at radius 1 is 1.17 bits per heavy atom. The molecule has 0 aliphatic carbocycles. The summed E-state index contributed by atoms with van der Waals surface area (Å²) in [5.41, 5.74) is 2.41. The number of fused-ring (bicyclic) bond motifs is 1. The number of imidazole rings is 1. The van der Waals surface area contributed by atoms with Gasteiger partial charge in [-0.25, -0.2) is 4.98 Å². The van der Waals surface area contributed by atoms with Crippen molar-refractivity contribution in [1.82, 2.24) is 19.8 Å². The fourth-order valence-electron chi connectivity index (χ4n) is 3.05. The number of carbonyl (C=O) groups is 2. The molecule has 1 aromatic carbocycles. The first-order chi connectivity index (χ1) is 11.1. The number of rotatable bonds is 2. The van der Waals surface area contributed by atoms with Gasteiger partial charge in [0.15, 0.2) is 0 Å². The zero-order valence-corrected chi connectivity index (χ0v) is 13.6. The van der Waals surface area contributed by atoms with Crippen LogP contribution in [0.4, 0.5) is 0 Å². The van der Waals surface area contributed by atoms with E-state index in [2.05, 4.69) is 9.97 Å². The molecular weight excluding hydrogens is 292 g/mol. The van der Waals surface area contributed by atoms with E-state index in [4.69, 9.17) is 0 Å². The molecule has 2 aromatic rings. The van der Waals surface area contributed by atoms with Crippen molar-refractivity contribution in [2.75, 3.05) is 26.2 Å². The Bertz CT molecular complexity index is 737. The normalized spacial score (nSPS) is 15.7. The predicted octanol–water partition coefficient (Wildman–Crippen LogP) is 1.96. The summed E-state index contributed by atoms with van der Waals surface area (Å²) in [5, 5.41) is 0. The van der Waals surface area contributed by atoms with Crippen LogP contribution in [-0.4, -0.2) is 57.8 Å². The van der Waals surface area contributed by atoms with Gasteiger partial charge in [0.2, 0.25) is 5.91 Å². The average molecular weight is 314 g/mol. The molecule has 6 heteroatoms. The molecular formula is C17H22N4O2. The molecule has 0 unspecified atom stereocenters. The molecule has 1 aromatic heterocycles. The fraction of sp³-hybridized carbons (Fsp3) is 0.471. The first kappa shape index (κ1) is 15.5. The van der Waals surface area contributed by atoms with Crippen LogP contribution in [0.25, 0.3) is 11.0 Å². The van der Waals surface area contributed by atoms with Crippen LogP contribution in [-0.2, 0) is 4.79 Å². The maximum Gasteiger partial charge on any atom is 0.253 e. The lowest BCUT2D eigenvalue weighted by Crippen LogP contribution is -2.37. The third-order valence-corrected chi connectivity index (χ3v) is 4.29. The largest absolute Gasteiger partial charge is 0.342 e. The number of carbonyl (C=O) groups excluding carboxylic acids is 2. The Kier molecular flexibility index (Phi) is 4.32. The van der Waals surface area contributed by atoms with E-state index in [1.54, 1.807) is 0 Å². The lowest BCUT2D eigenvalue weighted by Gasteiger charge is -2.22. The minimum atomic E-state index is 0.0185. The van der Waals surface area contributed by atoms with E-state index >= 15 is 0 Å². The van der Waals surface area contributed by atoms with E-state index in [1.165, 1.54) is 0 Å². The molecule has 0 saturated carbocycles. The van der Waals surface area contributed by atoms with Gasteiger partial charge in [-0.2, -0.15) is 0 Å². The van der Waals surface area contributed by atoms with Gasteiger partial charge in [0.1, 0.15) is 5.82 Å². The summed E-state index contributed by atoms with van der Waals surface area (Å²) in [7, 11) is 0. The van der Waals surface area contributed by atoms with Crippen LogP contribution in [0, 0.1) is 6.92 Å². The summed E-state index contributed by atoms with van der Waals surface area (Å²) >= 11 is 0. The van der Waals surface area contributed by atoms with Crippen molar-refractivity contribution in [3.05, 3.63) is 29.6 Å². The molecule has 1 N–H and O–H groups in total. The van der Waals surface area contributed by atoms with Crippen molar-refractivity contribution in [3.63, 3.8) is 0 Å². The van der Waals surface area contributed by atoms with Crippen LogP contribution in [0.5, 0.6) is 0 Å². The van der Waals surface area contributed by atoms with Gasteiger partial charge in [-0.3, -0.25) is 9.59 Å². The maximum absolute atomic E-state index is 12.7. The first-order valence-electron chi connectivity index (χ1n) is 8.12. The number of aromatic amines is 1. The van der Waals surface area contributed by atoms with E-state index in [-0.39, 0.29) is 11.8 Å². The van der Waals surface area contributed by atoms with Gasteiger partial charge in [0.05, 0.1) is 11.0 Å². The molecule has 0 radical (unpaired) electrons. The molecule has 1 aliphatic heterocycles. The third kappa shape index (κ3) is 3.21. The highest BCUT2D eigenvalue weighted by molar-refractivity contribution is 5.97. The van der Waals surface area contributed by atoms with Gasteiger partial charge in [-0.15, -0.1) is 0 Å². The van der Waals surface area contributed by atoms with Crippen LogP contribution in [0.2, 0.25) is 0 Å². The fourth-order valence-corrected chi connectivity index (χ4v) is 3.05. The molecule has 0 atom stereocenters. The zero-order valence-electron chi connectivity index (χ0n) is 13.6. The molecule has 2 heterocycles. The summed E-state index contributed by atoms with van der Waals surface area (Å²) in [5.74, 6) is 1.02. The number of nitrogens with zero attached hydrogens (tertiary/aromatic N) is 3. The number of aromatic nitrogens is 2. The molecule has 23 heavy (non-hydrogen) atoms. The van der Waals surface area contributed by atoms with Crippen molar-refractivity contribution in [2.24, 2.45) is 0 Å². The standard InChI is InChI=1S/C17H22N4O2/c1-3-16(22)20-7-4-8-21(10-9-20)17(23)13-5-6-14-15(11-13)19-12(2)18-14/h5-6,11H,3-4,7-10H2,1-2H3,(H,18,19). The molecule has 3 rings (SSSR count). The van der Waals surface area contributed by atoms with Gasteiger partial charge in [0.25, 0.3) is 5.91 Å². The van der Waals surface area contributed by atoms with Gasteiger partial charge in [-0.1, -0.05) is 6.92 Å². The van der Waals surface area contributed by atoms with E-state index in [0.717, 1.165) is 29.8 Å². The number of aryl methyl sites for hydroxylation is 1. The second-order valence-electron chi connectivity index (χ2n) is 5.93. The summed E-state index contributed by atoms with van der Waals surface area (Å²) in [4.78, 5) is 35.8. The van der Waals surface area contributed by atoms with Gasteiger partial charge in [0, 0.05) is 38.2 Å². The summed E-state index contributed by atoms with van der Waals surface area (Å²) in [6.07, 6.45) is 1.34. The van der Waals surface area contributed by atoms with Crippen molar-refractivity contribution in [1.29, 1.82) is 0 Å². The van der Waals surface area contributed by atoms with Crippen molar-refractivity contribution in [2.45, 2.75) is 26.7 Å². The molecule has 0 bridgehead atoms. The first-order valence-corrected chi connectivity index (χ1v) is 8.12. The number of H-pyrrole nitrogens is 1. The van der Waals surface area contributed by atoms with Gasteiger partial charge >= 0.3 is 0 Å². The van der Waals surface area contributed by atoms with Crippen molar-refractivity contribution < 1.29 is 9.59 Å². The number of benzene rings is 1. The molecule has 0 spiro atoms. The highest BCUT2D eigenvalue weighted by Crippen LogP contribution is 2.16. The minimum absolute atomic E-state index is 0.0185. The van der Waals surface area contributed by atoms with Gasteiger partial charge < -0.3 is 14.8 Å². The Morgan fingerprint density at radius 2 is 1.91 bits per heavy atom. The summed E-state index contributed by atoms with van der Waals surface area (Å²) < 4.78 is 0. The minimum Gasteiger partial charge on any atom is -0.342 e. The maximum atomic E-state index is 12.7. The Hall–Kier alpha value is -2.37. The average Bonchev–Trinajstić information content (AvgIpc) is 2.77. The Labute approximate surface area is 135 Å². The van der Waals surface area contributed by atoms with E-state index in [1.807, 2.05) is 41.8 Å². The number of amides is 2. The molecule has 1 fully saturated rings. The zero-order chi connectivity index (χ0) is 16.4. The summed E-state index contributed by atoms with van der Waals surface area (Å²) in [6, 6.07) is 5.55.